The first-order chi connectivity index (χ1) is 16.0. The second kappa shape index (κ2) is 8.31. The molecule has 1 saturated heterocycles. The van der Waals surface area contributed by atoms with Crippen molar-refractivity contribution in [2.75, 3.05) is 26.5 Å². The quantitative estimate of drug-likeness (QED) is 0.458. The van der Waals surface area contributed by atoms with Crippen LogP contribution in [0.15, 0.2) is 41.3 Å². The van der Waals surface area contributed by atoms with Gasteiger partial charge < -0.3 is 13.8 Å². The van der Waals surface area contributed by atoms with Gasteiger partial charge in [-0.25, -0.2) is 17.2 Å². The standard InChI is InChI=1S/C24H26ClF2O5PS/c1-33(2)31-13-12-23(15-32-33)10-3-11-24(34(28,29)17-6-4-16(25)5-7-17)20(23)14-30-22-19(27)9-8-18(26)21(22)24/h4-9,20H,1,3,10-15H2,2H3/t20-,23+,24-,33?/m0/s1. The Morgan fingerprint density at radius 1 is 1.06 bits per heavy atom. The summed E-state index contributed by atoms with van der Waals surface area (Å²) < 4.78 is 75.3. The number of sulfone groups is 1. The first-order valence-corrected chi connectivity index (χ1v) is 15.3. The van der Waals surface area contributed by atoms with Crippen molar-refractivity contribution in [2.24, 2.45) is 11.3 Å². The van der Waals surface area contributed by atoms with Crippen LogP contribution in [0.25, 0.3) is 0 Å². The molecule has 4 atom stereocenters. The molecule has 2 aromatic carbocycles. The van der Waals surface area contributed by atoms with Gasteiger partial charge in [0.1, 0.15) is 17.9 Å². The van der Waals surface area contributed by atoms with E-state index in [0.717, 1.165) is 12.1 Å². The molecular formula is C24H26ClF2O5PS. The monoisotopic (exact) mass is 530 g/mol. The van der Waals surface area contributed by atoms with E-state index in [2.05, 4.69) is 6.30 Å². The fourth-order valence-electron chi connectivity index (χ4n) is 5.96. The van der Waals surface area contributed by atoms with Crippen LogP contribution >= 0.6 is 18.9 Å². The maximum atomic E-state index is 15.5. The smallest absolute Gasteiger partial charge is 0.188 e. The van der Waals surface area contributed by atoms with Crippen molar-refractivity contribution in [3.05, 3.63) is 58.6 Å². The lowest BCUT2D eigenvalue weighted by molar-refractivity contribution is -0.0316. The minimum atomic E-state index is -4.22. The second-order valence-electron chi connectivity index (χ2n) is 9.53. The molecular weight excluding hydrogens is 505 g/mol. The first kappa shape index (κ1) is 24.3. The molecule has 2 aromatic rings. The molecule has 0 amide bonds. The molecule has 2 heterocycles. The Labute approximate surface area is 203 Å². The average molecular weight is 531 g/mol. The number of benzene rings is 2. The van der Waals surface area contributed by atoms with Crippen LogP contribution in [0.5, 0.6) is 5.75 Å². The van der Waals surface area contributed by atoms with E-state index in [1.807, 2.05) is 6.66 Å². The Kier molecular flexibility index (Phi) is 5.93. The fourth-order valence-corrected chi connectivity index (χ4v) is 9.65. The summed E-state index contributed by atoms with van der Waals surface area (Å²) in [4.78, 5) is 0.00995. The Hall–Kier alpha value is -1.44. The van der Waals surface area contributed by atoms with Gasteiger partial charge >= 0.3 is 0 Å². The van der Waals surface area contributed by atoms with E-state index in [9.17, 15) is 12.8 Å². The molecule has 10 heteroatoms. The van der Waals surface area contributed by atoms with Gasteiger partial charge in [0.25, 0.3) is 0 Å². The molecule has 2 fully saturated rings. The number of rotatable bonds is 2. The summed E-state index contributed by atoms with van der Waals surface area (Å²) in [7, 11) is -6.54. The Morgan fingerprint density at radius 2 is 1.76 bits per heavy atom. The molecule has 1 spiro atoms. The van der Waals surface area contributed by atoms with Gasteiger partial charge in [0, 0.05) is 23.0 Å². The molecule has 184 valence electrons. The Bertz CT molecular complexity index is 1290. The zero-order valence-corrected chi connectivity index (χ0v) is 21.2. The number of halogens is 3. The lowest BCUT2D eigenvalue weighted by atomic mass is 9.58. The molecule has 0 N–H and O–H groups in total. The highest BCUT2D eigenvalue weighted by Gasteiger charge is 2.65. The van der Waals surface area contributed by atoms with Gasteiger partial charge in [-0.1, -0.05) is 24.3 Å². The van der Waals surface area contributed by atoms with E-state index < -0.39 is 44.9 Å². The molecule has 1 aliphatic carbocycles. The van der Waals surface area contributed by atoms with Gasteiger partial charge in [0.05, 0.1) is 30.3 Å². The van der Waals surface area contributed by atoms with E-state index in [1.165, 1.54) is 24.3 Å². The van der Waals surface area contributed by atoms with E-state index in [4.69, 9.17) is 25.4 Å². The molecule has 5 nitrogen and oxygen atoms in total. The minimum Gasteiger partial charge on any atom is -0.490 e. The van der Waals surface area contributed by atoms with Gasteiger partial charge in [-0.05, 0) is 55.7 Å². The number of hydrogen-bond acceptors (Lipinski definition) is 5. The van der Waals surface area contributed by atoms with Crippen molar-refractivity contribution in [1.29, 1.82) is 0 Å². The molecule has 0 radical (unpaired) electrons. The number of fused-ring (bicyclic) bond motifs is 4. The lowest BCUT2D eigenvalue weighted by Gasteiger charge is -2.55. The summed E-state index contributed by atoms with van der Waals surface area (Å²) in [5.74, 6) is -2.58. The van der Waals surface area contributed by atoms with E-state index in [-0.39, 0.29) is 35.8 Å². The maximum absolute atomic E-state index is 15.5. The predicted octanol–water partition coefficient (Wildman–Crippen LogP) is 5.81. The summed E-state index contributed by atoms with van der Waals surface area (Å²) in [6.07, 6.45) is 5.85. The number of ether oxygens (including phenoxy) is 1. The molecule has 1 saturated carbocycles. The zero-order chi connectivity index (χ0) is 24.4. The van der Waals surface area contributed by atoms with Crippen LogP contribution in [0.2, 0.25) is 5.02 Å². The third-order valence-electron chi connectivity index (χ3n) is 7.59. The lowest BCUT2D eigenvalue weighted by Crippen LogP contribution is -2.59. The maximum Gasteiger partial charge on any atom is 0.188 e. The third-order valence-corrected chi connectivity index (χ3v) is 11.8. The van der Waals surface area contributed by atoms with Crippen LogP contribution in [0, 0.1) is 23.0 Å². The molecule has 34 heavy (non-hydrogen) atoms. The summed E-state index contributed by atoms with van der Waals surface area (Å²) in [6, 6.07) is 7.76. The van der Waals surface area contributed by atoms with Gasteiger partial charge in [-0.3, -0.25) is 0 Å². The second-order valence-corrected chi connectivity index (χ2v) is 14.7. The van der Waals surface area contributed by atoms with Crippen molar-refractivity contribution in [3.8, 4) is 5.75 Å². The molecule has 0 aromatic heterocycles. The van der Waals surface area contributed by atoms with Crippen LogP contribution in [-0.4, -0.2) is 41.2 Å². The van der Waals surface area contributed by atoms with Crippen LogP contribution in [-0.2, 0) is 23.6 Å². The zero-order valence-electron chi connectivity index (χ0n) is 18.7. The van der Waals surface area contributed by atoms with Crippen LogP contribution in [0.3, 0.4) is 0 Å². The number of hydrogen-bond donors (Lipinski definition) is 0. The Balaban J connectivity index is 1.78. The highest BCUT2D eigenvalue weighted by molar-refractivity contribution is 7.92. The van der Waals surface area contributed by atoms with E-state index in [1.54, 1.807) is 0 Å². The molecule has 5 rings (SSSR count). The normalized spacial score (nSPS) is 33.5. The largest absolute Gasteiger partial charge is 0.490 e. The van der Waals surface area contributed by atoms with Gasteiger partial charge in [-0.2, -0.15) is 0 Å². The van der Waals surface area contributed by atoms with Crippen molar-refractivity contribution < 1.29 is 31.0 Å². The van der Waals surface area contributed by atoms with Crippen LogP contribution < -0.4 is 4.74 Å². The fraction of sp³-hybridized carbons (Fsp3) is 0.458. The van der Waals surface area contributed by atoms with Gasteiger partial charge in [0.15, 0.2) is 21.4 Å². The molecule has 0 bridgehead atoms. The van der Waals surface area contributed by atoms with Crippen molar-refractivity contribution >= 4 is 35.1 Å². The van der Waals surface area contributed by atoms with Crippen molar-refractivity contribution in [1.82, 2.24) is 0 Å². The highest BCUT2D eigenvalue weighted by Crippen LogP contribution is 2.64. The average Bonchev–Trinajstić information content (AvgIpc) is 2.94. The van der Waals surface area contributed by atoms with Crippen LogP contribution in [0.4, 0.5) is 8.78 Å². The van der Waals surface area contributed by atoms with E-state index in [0.29, 0.717) is 30.9 Å². The topological polar surface area (TPSA) is 61.8 Å². The van der Waals surface area contributed by atoms with Gasteiger partial charge in [0.2, 0.25) is 0 Å². The molecule has 1 unspecified atom stereocenters. The predicted molar refractivity (Wildman–Crippen MR) is 128 cm³/mol. The summed E-state index contributed by atoms with van der Waals surface area (Å²) in [6.45, 7) is 2.31. The first-order valence-electron chi connectivity index (χ1n) is 11.1. The minimum absolute atomic E-state index is 0.00995. The molecule has 3 aliphatic rings. The summed E-state index contributed by atoms with van der Waals surface area (Å²) in [5.41, 5.74) is -0.890. The SMILES string of the molecule is C=P1(C)OCC[C@]2(CCC[C@@]3(S(=O)(=O)c4ccc(Cl)cc4)c4c(F)ccc(F)c4OC[C@@H]23)CO1. The summed E-state index contributed by atoms with van der Waals surface area (Å²) >= 11 is 6.01. The van der Waals surface area contributed by atoms with Crippen molar-refractivity contribution in [3.63, 3.8) is 0 Å². The molecule has 2 aliphatic heterocycles. The van der Waals surface area contributed by atoms with E-state index >= 15 is 4.39 Å². The van der Waals surface area contributed by atoms with Crippen molar-refractivity contribution in [2.45, 2.75) is 35.3 Å². The Morgan fingerprint density at radius 3 is 2.50 bits per heavy atom. The summed E-state index contributed by atoms with van der Waals surface area (Å²) in [5, 5.41) is 0.380. The van der Waals surface area contributed by atoms with Crippen LogP contribution in [0.1, 0.15) is 31.2 Å². The highest BCUT2D eigenvalue weighted by atomic mass is 35.5. The third kappa shape index (κ3) is 3.56. The van der Waals surface area contributed by atoms with Gasteiger partial charge in [-0.15, -0.1) is 0 Å².